The first-order chi connectivity index (χ1) is 13.3. The summed E-state index contributed by atoms with van der Waals surface area (Å²) in [5.41, 5.74) is 1.00. The standard InChI is InChI=1S/C21H23BrClFN2O2/c1-3-11-25-21(28)14(2)26(13-15-7-9-16(22)10-8-15)20(27)12-17-18(23)5-4-6-19(17)24/h4-10,14H,3,11-13H2,1-2H3,(H,25,28)/t14-/m0/s1. The molecule has 0 radical (unpaired) electrons. The van der Waals surface area contributed by atoms with Crippen molar-refractivity contribution in [1.29, 1.82) is 0 Å². The van der Waals surface area contributed by atoms with Crippen LogP contribution in [0.3, 0.4) is 0 Å². The molecule has 0 fully saturated rings. The van der Waals surface area contributed by atoms with E-state index in [1.54, 1.807) is 13.0 Å². The maximum absolute atomic E-state index is 14.1. The summed E-state index contributed by atoms with van der Waals surface area (Å²) in [6, 6.07) is 11.1. The van der Waals surface area contributed by atoms with Crippen LogP contribution in [0.1, 0.15) is 31.4 Å². The van der Waals surface area contributed by atoms with Crippen LogP contribution in [0.5, 0.6) is 0 Å². The molecule has 150 valence electrons. The summed E-state index contributed by atoms with van der Waals surface area (Å²) in [5.74, 6) is -1.14. The number of rotatable bonds is 8. The second-order valence-electron chi connectivity index (χ2n) is 6.49. The molecule has 28 heavy (non-hydrogen) atoms. The zero-order valence-corrected chi connectivity index (χ0v) is 18.2. The highest BCUT2D eigenvalue weighted by Crippen LogP contribution is 2.22. The van der Waals surface area contributed by atoms with Gasteiger partial charge < -0.3 is 10.2 Å². The number of halogens is 3. The van der Waals surface area contributed by atoms with Crippen LogP contribution in [0, 0.1) is 5.82 Å². The van der Waals surface area contributed by atoms with E-state index in [1.807, 2.05) is 31.2 Å². The number of nitrogens with one attached hydrogen (secondary N) is 1. The monoisotopic (exact) mass is 468 g/mol. The molecule has 4 nitrogen and oxygen atoms in total. The summed E-state index contributed by atoms with van der Waals surface area (Å²) >= 11 is 9.45. The predicted octanol–water partition coefficient (Wildman–Crippen LogP) is 4.73. The molecular weight excluding hydrogens is 447 g/mol. The average Bonchev–Trinajstić information content (AvgIpc) is 2.67. The fraction of sp³-hybridized carbons (Fsp3) is 0.333. The van der Waals surface area contributed by atoms with Crippen molar-refractivity contribution in [3.8, 4) is 0 Å². The molecule has 0 unspecified atom stereocenters. The first-order valence-corrected chi connectivity index (χ1v) is 10.2. The van der Waals surface area contributed by atoms with Gasteiger partial charge in [0.25, 0.3) is 0 Å². The van der Waals surface area contributed by atoms with Crippen LogP contribution < -0.4 is 5.32 Å². The predicted molar refractivity (Wildman–Crippen MR) is 113 cm³/mol. The van der Waals surface area contributed by atoms with Gasteiger partial charge in [0.1, 0.15) is 11.9 Å². The molecule has 2 amide bonds. The van der Waals surface area contributed by atoms with E-state index < -0.39 is 11.9 Å². The van der Waals surface area contributed by atoms with Gasteiger partial charge in [-0.05, 0) is 43.2 Å². The van der Waals surface area contributed by atoms with Crippen LogP contribution in [-0.4, -0.2) is 29.3 Å². The summed E-state index contributed by atoms with van der Waals surface area (Å²) in [7, 11) is 0. The van der Waals surface area contributed by atoms with Gasteiger partial charge in [-0.25, -0.2) is 4.39 Å². The van der Waals surface area contributed by atoms with Crippen molar-refractivity contribution in [2.75, 3.05) is 6.54 Å². The number of hydrogen-bond acceptors (Lipinski definition) is 2. The minimum atomic E-state index is -0.701. The summed E-state index contributed by atoms with van der Waals surface area (Å²) in [6.07, 6.45) is 0.581. The topological polar surface area (TPSA) is 49.4 Å². The normalized spacial score (nSPS) is 11.8. The van der Waals surface area contributed by atoms with Gasteiger partial charge in [0, 0.05) is 28.1 Å². The number of hydrogen-bond donors (Lipinski definition) is 1. The van der Waals surface area contributed by atoms with Crippen LogP contribution >= 0.6 is 27.5 Å². The fourth-order valence-electron chi connectivity index (χ4n) is 2.72. The van der Waals surface area contributed by atoms with Gasteiger partial charge in [-0.3, -0.25) is 9.59 Å². The van der Waals surface area contributed by atoms with Crippen LogP contribution in [-0.2, 0) is 22.6 Å². The Morgan fingerprint density at radius 3 is 2.50 bits per heavy atom. The Bertz CT molecular complexity index is 809. The van der Waals surface area contributed by atoms with Crippen molar-refractivity contribution >= 4 is 39.3 Å². The molecular formula is C21H23BrClFN2O2. The van der Waals surface area contributed by atoms with Gasteiger partial charge in [-0.1, -0.05) is 52.7 Å². The van der Waals surface area contributed by atoms with Gasteiger partial charge in [0.15, 0.2) is 0 Å². The third-order valence-corrected chi connectivity index (χ3v) is 5.26. The number of nitrogens with zero attached hydrogens (tertiary/aromatic N) is 1. The fourth-order valence-corrected chi connectivity index (χ4v) is 3.21. The van der Waals surface area contributed by atoms with E-state index in [0.717, 1.165) is 16.5 Å². The van der Waals surface area contributed by atoms with Crippen molar-refractivity contribution < 1.29 is 14.0 Å². The van der Waals surface area contributed by atoms with Gasteiger partial charge in [0.2, 0.25) is 11.8 Å². The van der Waals surface area contributed by atoms with Crippen molar-refractivity contribution in [3.63, 3.8) is 0 Å². The highest BCUT2D eigenvalue weighted by atomic mass is 79.9. The van der Waals surface area contributed by atoms with E-state index in [-0.39, 0.29) is 35.4 Å². The van der Waals surface area contributed by atoms with Crippen molar-refractivity contribution in [3.05, 3.63) is 68.9 Å². The molecule has 0 heterocycles. The third-order valence-electron chi connectivity index (χ3n) is 4.37. The molecule has 0 bridgehead atoms. The van der Waals surface area contributed by atoms with E-state index in [2.05, 4.69) is 21.2 Å². The van der Waals surface area contributed by atoms with Gasteiger partial charge >= 0.3 is 0 Å². The first-order valence-electron chi connectivity index (χ1n) is 9.08. The minimum Gasteiger partial charge on any atom is -0.354 e. The molecule has 1 N–H and O–H groups in total. The molecule has 0 spiro atoms. The summed E-state index contributed by atoms with van der Waals surface area (Å²) in [4.78, 5) is 26.9. The second kappa shape index (κ2) is 10.6. The van der Waals surface area contributed by atoms with E-state index in [1.165, 1.54) is 17.0 Å². The SMILES string of the molecule is CCCNC(=O)[C@H](C)N(Cc1ccc(Br)cc1)C(=O)Cc1c(F)cccc1Cl. The Morgan fingerprint density at radius 1 is 1.21 bits per heavy atom. The lowest BCUT2D eigenvalue weighted by Gasteiger charge is -2.29. The second-order valence-corrected chi connectivity index (χ2v) is 7.81. The summed E-state index contributed by atoms with van der Waals surface area (Å²) in [5, 5.41) is 3.00. The average molecular weight is 470 g/mol. The van der Waals surface area contributed by atoms with Crippen LogP contribution in [0.2, 0.25) is 5.02 Å². The Labute approximate surface area is 178 Å². The molecule has 0 aromatic heterocycles. The number of carbonyl (C=O) groups is 2. The number of benzene rings is 2. The number of amides is 2. The van der Waals surface area contributed by atoms with Crippen LogP contribution in [0.4, 0.5) is 4.39 Å². The molecule has 0 aliphatic rings. The molecule has 0 aliphatic heterocycles. The lowest BCUT2D eigenvalue weighted by atomic mass is 10.1. The number of carbonyl (C=O) groups excluding carboxylic acids is 2. The quantitative estimate of drug-likeness (QED) is 0.608. The van der Waals surface area contributed by atoms with Gasteiger partial charge in [0.05, 0.1) is 6.42 Å². The Kier molecular flexibility index (Phi) is 8.45. The van der Waals surface area contributed by atoms with E-state index in [4.69, 9.17) is 11.6 Å². The zero-order chi connectivity index (χ0) is 20.7. The van der Waals surface area contributed by atoms with Gasteiger partial charge in [-0.15, -0.1) is 0 Å². The highest BCUT2D eigenvalue weighted by Gasteiger charge is 2.27. The van der Waals surface area contributed by atoms with E-state index in [0.29, 0.717) is 6.54 Å². The van der Waals surface area contributed by atoms with Crippen LogP contribution in [0.15, 0.2) is 46.9 Å². The van der Waals surface area contributed by atoms with Gasteiger partial charge in [-0.2, -0.15) is 0 Å². The zero-order valence-electron chi connectivity index (χ0n) is 15.8. The molecule has 0 saturated heterocycles. The largest absolute Gasteiger partial charge is 0.354 e. The van der Waals surface area contributed by atoms with E-state index in [9.17, 15) is 14.0 Å². The van der Waals surface area contributed by atoms with E-state index >= 15 is 0 Å². The molecule has 1 atom stereocenters. The maximum atomic E-state index is 14.1. The molecule has 2 aromatic carbocycles. The third kappa shape index (κ3) is 6.04. The lowest BCUT2D eigenvalue weighted by molar-refractivity contribution is -0.140. The molecule has 0 aliphatic carbocycles. The van der Waals surface area contributed by atoms with Crippen molar-refractivity contribution in [1.82, 2.24) is 10.2 Å². The Balaban J connectivity index is 2.26. The minimum absolute atomic E-state index is 0.135. The molecule has 0 saturated carbocycles. The van der Waals surface area contributed by atoms with Crippen molar-refractivity contribution in [2.45, 2.75) is 39.3 Å². The highest BCUT2D eigenvalue weighted by molar-refractivity contribution is 9.10. The Morgan fingerprint density at radius 2 is 1.89 bits per heavy atom. The van der Waals surface area contributed by atoms with Crippen molar-refractivity contribution in [2.24, 2.45) is 0 Å². The summed E-state index contributed by atoms with van der Waals surface area (Å²) in [6.45, 7) is 4.39. The molecule has 7 heteroatoms. The first kappa shape index (κ1) is 22.4. The Hall–Kier alpha value is -1.92. The molecule has 2 rings (SSSR count). The molecule has 2 aromatic rings. The van der Waals surface area contributed by atoms with Crippen LogP contribution in [0.25, 0.3) is 0 Å². The lowest BCUT2D eigenvalue weighted by Crippen LogP contribution is -2.48. The summed E-state index contributed by atoms with van der Waals surface area (Å²) < 4.78 is 15.0. The smallest absolute Gasteiger partial charge is 0.242 e. The maximum Gasteiger partial charge on any atom is 0.242 e.